The highest BCUT2D eigenvalue weighted by Crippen LogP contribution is 2.25. The van der Waals surface area contributed by atoms with Gasteiger partial charge in [0.2, 0.25) is 0 Å². The lowest BCUT2D eigenvalue weighted by atomic mass is 10.0. The molecule has 0 amide bonds. The van der Waals surface area contributed by atoms with E-state index in [1.807, 2.05) is 55.5 Å². The minimum Gasteiger partial charge on any atom is -0.485 e. The second-order valence-corrected chi connectivity index (χ2v) is 5.27. The number of hydrogen-bond acceptors (Lipinski definition) is 2. The Morgan fingerprint density at radius 1 is 1.05 bits per heavy atom. The number of aryl methyl sites for hydroxylation is 1. The lowest BCUT2D eigenvalue weighted by molar-refractivity contribution is 0.0920. The van der Waals surface area contributed by atoms with Crippen molar-refractivity contribution in [1.82, 2.24) is 0 Å². The molecule has 0 heterocycles. The van der Waals surface area contributed by atoms with Crippen LogP contribution in [0.5, 0.6) is 5.75 Å². The normalized spacial score (nSPS) is 10.6. The first kappa shape index (κ1) is 14.3. The van der Waals surface area contributed by atoms with Gasteiger partial charge in [0.15, 0.2) is 12.4 Å². The molecule has 0 spiro atoms. The molecule has 0 bridgehead atoms. The number of ether oxygens (including phenoxy) is 1. The van der Waals surface area contributed by atoms with Crippen LogP contribution in [0.2, 0.25) is 0 Å². The Morgan fingerprint density at radius 2 is 1.70 bits per heavy atom. The van der Waals surface area contributed by atoms with Crippen molar-refractivity contribution in [1.29, 1.82) is 0 Å². The predicted molar refractivity (Wildman–Crippen MR) is 81.5 cm³/mol. The molecule has 2 nitrogen and oxygen atoms in total. The van der Waals surface area contributed by atoms with Gasteiger partial charge in [0.1, 0.15) is 5.75 Å². The van der Waals surface area contributed by atoms with Crippen LogP contribution in [0, 0.1) is 6.92 Å². The van der Waals surface area contributed by atoms with Gasteiger partial charge in [-0.05, 0) is 24.5 Å². The van der Waals surface area contributed by atoms with Gasteiger partial charge in [-0.15, -0.1) is 0 Å². The minimum atomic E-state index is 0.00330. The van der Waals surface area contributed by atoms with Gasteiger partial charge in [-0.25, -0.2) is 0 Å². The van der Waals surface area contributed by atoms with Crippen LogP contribution in [0.4, 0.5) is 0 Å². The topological polar surface area (TPSA) is 26.3 Å². The molecule has 0 atom stereocenters. The van der Waals surface area contributed by atoms with E-state index in [2.05, 4.69) is 13.8 Å². The van der Waals surface area contributed by atoms with Crippen molar-refractivity contribution < 1.29 is 9.53 Å². The van der Waals surface area contributed by atoms with Crippen molar-refractivity contribution in [3.63, 3.8) is 0 Å². The maximum absolute atomic E-state index is 12.1. The molecule has 0 fully saturated rings. The molecule has 2 rings (SSSR count). The van der Waals surface area contributed by atoms with Crippen LogP contribution < -0.4 is 4.74 Å². The first-order valence-corrected chi connectivity index (χ1v) is 6.89. The number of para-hydroxylation sites is 1. The molecule has 2 heteroatoms. The summed E-state index contributed by atoms with van der Waals surface area (Å²) < 4.78 is 5.70. The monoisotopic (exact) mass is 268 g/mol. The van der Waals surface area contributed by atoms with Gasteiger partial charge in [0, 0.05) is 5.56 Å². The smallest absolute Gasteiger partial charge is 0.200 e. The summed E-state index contributed by atoms with van der Waals surface area (Å²) in [5, 5.41) is 0. The number of rotatable bonds is 5. The zero-order valence-corrected chi connectivity index (χ0v) is 12.2. The summed E-state index contributed by atoms with van der Waals surface area (Å²) in [4.78, 5) is 12.1. The minimum absolute atomic E-state index is 0.00330. The highest BCUT2D eigenvalue weighted by Gasteiger charge is 2.10. The van der Waals surface area contributed by atoms with Crippen molar-refractivity contribution in [3.05, 3.63) is 65.2 Å². The summed E-state index contributed by atoms with van der Waals surface area (Å²) in [6, 6.07) is 15.4. The summed E-state index contributed by atoms with van der Waals surface area (Å²) in [5.74, 6) is 1.17. The molecule has 0 aromatic heterocycles. The van der Waals surface area contributed by atoms with Crippen molar-refractivity contribution in [3.8, 4) is 5.75 Å². The van der Waals surface area contributed by atoms with Crippen LogP contribution >= 0.6 is 0 Å². The van der Waals surface area contributed by atoms with Crippen molar-refractivity contribution in [2.75, 3.05) is 6.61 Å². The standard InChI is InChI=1S/C18H20O2/c1-13(2)16-6-4-5-7-18(16)20-12-17(19)15-10-8-14(3)9-11-15/h4-11,13H,12H2,1-3H3. The van der Waals surface area contributed by atoms with Gasteiger partial charge in [-0.1, -0.05) is 61.9 Å². The first-order chi connectivity index (χ1) is 9.58. The Morgan fingerprint density at radius 3 is 2.35 bits per heavy atom. The highest BCUT2D eigenvalue weighted by atomic mass is 16.5. The number of carbonyl (C=O) groups is 1. The van der Waals surface area contributed by atoms with Gasteiger partial charge in [0.25, 0.3) is 0 Å². The fourth-order valence-electron chi connectivity index (χ4n) is 2.06. The van der Waals surface area contributed by atoms with Crippen LogP contribution in [0.15, 0.2) is 48.5 Å². The van der Waals surface area contributed by atoms with Gasteiger partial charge in [-0.3, -0.25) is 4.79 Å². The summed E-state index contributed by atoms with van der Waals surface area (Å²) in [6.07, 6.45) is 0. The van der Waals surface area contributed by atoms with Gasteiger partial charge >= 0.3 is 0 Å². The molecule has 20 heavy (non-hydrogen) atoms. The van der Waals surface area contributed by atoms with E-state index in [0.717, 1.165) is 16.9 Å². The van der Waals surface area contributed by atoms with E-state index in [0.29, 0.717) is 11.5 Å². The third-order valence-corrected chi connectivity index (χ3v) is 3.27. The third kappa shape index (κ3) is 3.47. The zero-order valence-electron chi connectivity index (χ0n) is 12.2. The van der Waals surface area contributed by atoms with Crippen LogP contribution in [-0.4, -0.2) is 12.4 Å². The van der Waals surface area contributed by atoms with Gasteiger partial charge < -0.3 is 4.74 Å². The molecule has 0 aliphatic rings. The number of Topliss-reactive ketones (excluding diaryl/α,β-unsaturated/α-hetero) is 1. The molecule has 0 unspecified atom stereocenters. The largest absolute Gasteiger partial charge is 0.485 e. The molecular formula is C18H20O2. The number of hydrogen-bond donors (Lipinski definition) is 0. The lowest BCUT2D eigenvalue weighted by Gasteiger charge is -2.13. The Kier molecular flexibility index (Phi) is 4.57. The Bertz CT molecular complexity index is 583. The molecule has 0 saturated carbocycles. The van der Waals surface area contributed by atoms with Crippen molar-refractivity contribution >= 4 is 5.78 Å². The van der Waals surface area contributed by atoms with E-state index >= 15 is 0 Å². The van der Waals surface area contributed by atoms with Crippen LogP contribution in [-0.2, 0) is 0 Å². The average molecular weight is 268 g/mol. The molecule has 0 radical (unpaired) electrons. The van der Waals surface area contributed by atoms with Crippen LogP contribution in [0.25, 0.3) is 0 Å². The third-order valence-electron chi connectivity index (χ3n) is 3.27. The summed E-state index contributed by atoms with van der Waals surface area (Å²) in [5.41, 5.74) is 2.97. The number of ketones is 1. The molecule has 0 saturated heterocycles. The maximum Gasteiger partial charge on any atom is 0.200 e. The van der Waals surface area contributed by atoms with Crippen LogP contribution in [0.3, 0.4) is 0 Å². The fourth-order valence-corrected chi connectivity index (χ4v) is 2.06. The highest BCUT2D eigenvalue weighted by molar-refractivity contribution is 5.97. The predicted octanol–water partition coefficient (Wildman–Crippen LogP) is 4.38. The second kappa shape index (κ2) is 6.38. The van der Waals surface area contributed by atoms with E-state index in [1.54, 1.807) is 0 Å². The molecule has 0 N–H and O–H groups in total. The Hall–Kier alpha value is -2.09. The van der Waals surface area contributed by atoms with Crippen molar-refractivity contribution in [2.24, 2.45) is 0 Å². The van der Waals surface area contributed by atoms with E-state index < -0.39 is 0 Å². The second-order valence-electron chi connectivity index (χ2n) is 5.27. The summed E-state index contributed by atoms with van der Waals surface area (Å²) in [6.45, 7) is 6.31. The zero-order chi connectivity index (χ0) is 14.5. The maximum atomic E-state index is 12.1. The van der Waals surface area contributed by atoms with E-state index in [-0.39, 0.29) is 12.4 Å². The fraction of sp³-hybridized carbons (Fsp3) is 0.278. The number of carbonyl (C=O) groups excluding carboxylic acids is 1. The average Bonchev–Trinajstić information content (AvgIpc) is 2.45. The summed E-state index contributed by atoms with van der Waals surface area (Å²) in [7, 11) is 0. The van der Waals surface area contributed by atoms with E-state index in [4.69, 9.17) is 4.74 Å². The lowest BCUT2D eigenvalue weighted by Crippen LogP contribution is -2.12. The first-order valence-electron chi connectivity index (χ1n) is 6.89. The van der Waals surface area contributed by atoms with Crippen molar-refractivity contribution in [2.45, 2.75) is 26.7 Å². The van der Waals surface area contributed by atoms with E-state index in [1.165, 1.54) is 0 Å². The Labute approximate surface area is 120 Å². The van der Waals surface area contributed by atoms with Crippen LogP contribution in [0.1, 0.15) is 41.3 Å². The van der Waals surface area contributed by atoms with Gasteiger partial charge in [0.05, 0.1) is 0 Å². The van der Waals surface area contributed by atoms with E-state index in [9.17, 15) is 4.79 Å². The molecular weight excluding hydrogens is 248 g/mol. The van der Waals surface area contributed by atoms with Gasteiger partial charge in [-0.2, -0.15) is 0 Å². The Balaban J connectivity index is 2.05. The molecule has 2 aromatic carbocycles. The molecule has 0 aliphatic heterocycles. The quantitative estimate of drug-likeness (QED) is 0.752. The molecule has 0 aliphatic carbocycles. The molecule has 104 valence electrons. The summed E-state index contributed by atoms with van der Waals surface area (Å²) >= 11 is 0. The molecule has 2 aromatic rings. The number of benzene rings is 2. The SMILES string of the molecule is Cc1ccc(C(=O)COc2ccccc2C(C)C)cc1.